The molecule has 0 unspecified atom stereocenters. The first-order valence-corrected chi connectivity index (χ1v) is 6.03. The zero-order valence-electron chi connectivity index (χ0n) is 8.81. The van der Waals surface area contributed by atoms with Crippen LogP contribution in [-0.2, 0) is 9.84 Å². The molecule has 1 aromatic rings. The Bertz CT molecular complexity index is 504. The molecule has 0 saturated carbocycles. The normalized spacial score (nSPS) is 11.4. The number of H-pyrrole nitrogens is 1. The monoisotopic (exact) mass is 231 g/mol. The SMILES string of the molecule is CCS(=O)(=O)c1cnc(N(C)C)[nH]c1=O. The molecular formula is C8H13N3O3S. The molecule has 0 aliphatic rings. The predicted octanol–water partition coefficient (Wildman–Crippen LogP) is -0.371. The van der Waals surface area contributed by atoms with Crippen molar-refractivity contribution in [3.63, 3.8) is 0 Å². The average molecular weight is 231 g/mol. The number of anilines is 1. The largest absolute Gasteiger partial charge is 0.348 e. The van der Waals surface area contributed by atoms with Gasteiger partial charge in [0, 0.05) is 14.1 Å². The second kappa shape index (κ2) is 4.01. The average Bonchev–Trinajstić information content (AvgIpc) is 2.17. The Hall–Kier alpha value is -1.37. The number of aromatic amines is 1. The van der Waals surface area contributed by atoms with Crippen molar-refractivity contribution < 1.29 is 8.42 Å². The predicted molar refractivity (Wildman–Crippen MR) is 56.9 cm³/mol. The Morgan fingerprint density at radius 2 is 2.07 bits per heavy atom. The summed E-state index contributed by atoms with van der Waals surface area (Å²) in [5, 5.41) is 0. The van der Waals surface area contributed by atoms with E-state index in [0.29, 0.717) is 5.95 Å². The van der Waals surface area contributed by atoms with Crippen LogP contribution in [0, 0.1) is 0 Å². The molecule has 0 aromatic carbocycles. The van der Waals surface area contributed by atoms with Gasteiger partial charge in [-0.05, 0) is 0 Å². The molecule has 0 spiro atoms. The summed E-state index contributed by atoms with van der Waals surface area (Å²) in [7, 11) is -0.0948. The summed E-state index contributed by atoms with van der Waals surface area (Å²) in [6, 6.07) is 0. The number of hydrogen-bond acceptors (Lipinski definition) is 5. The maximum atomic E-state index is 11.4. The van der Waals surface area contributed by atoms with Crippen molar-refractivity contribution in [1.82, 2.24) is 9.97 Å². The molecule has 84 valence electrons. The minimum absolute atomic E-state index is 0.112. The van der Waals surface area contributed by atoms with E-state index in [1.165, 1.54) is 6.92 Å². The van der Waals surface area contributed by atoms with Gasteiger partial charge < -0.3 is 4.90 Å². The third-order valence-corrected chi connectivity index (χ3v) is 3.61. The first-order valence-electron chi connectivity index (χ1n) is 4.38. The van der Waals surface area contributed by atoms with E-state index in [1.807, 2.05) is 0 Å². The van der Waals surface area contributed by atoms with Crippen LogP contribution in [0.15, 0.2) is 15.9 Å². The van der Waals surface area contributed by atoms with E-state index in [0.717, 1.165) is 6.20 Å². The molecule has 6 nitrogen and oxygen atoms in total. The molecule has 0 amide bonds. The molecule has 0 aliphatic carbocycles. The molecule has 1 heterocycles. The number of nitrogens with zero attached hydrogens (tertiary/aromatic N) is 2. The van der Waals surface area contributed by atoms with E-state index in [2.05, 4.69) is 9.97 Å². The Morgan fingerprint density at radius 1 is 1.47 bits per heavy atom. The molecular weight excluding hydrogens is 218 g/mol. The second-order valence-electron chi connectivity index (χ2n) is 3.20. The van der Waals surface area contributed by atoms with Gasteiger partial charge in [0.2, 0.25) is 5.95 Å². The van der Waals surface area contributed by atoms with Crippen LogP contribution in [0.2, 0.25) is 0 Å². The molecule has 7 heteroatoms. The van der Waals surface area contributed by atoms with Crippen molar-refractivity contribution in [1.29, 1.82) is 0 Å². The van der Waals surface area contributed by atoms with Gasteiger partial charge >= 0.3 is 0 Å². The smallest absolute Gasteiger partial charge is 0.271 e. The van der Waals surface area contributed by atoms with Crippen LogP contribution in [0.3, 0.4) is 0 Å². The highest BCUT2D eigenvalue weighted by Crippen LogP contribution is 2.05. The summed E-state index contributed by atoms with van der Waals surface area (Å²) < 4.78 is 22.9. The molecule has 0 saturated heterocycles. The van der Waals surface area contributed by atoms with Gasteiger partial charge in [-0.15, -0.1) is 0 Å². The van der Waals surface area contributed by atoms with Crippen molar-refractivity contribution in [3.8, 4) is 0 Å². The highest BCUT2D eigenvalue weighted by atomic mass is 32.2. The lowest BCUT2D eigenvalue weighted by Gasteiger charge is -2.10. The molecule has 15 heavy (non-hydrogen) atoms. The molecule has 1 rings (SSSR count). The van der Waals surface area contributed by atoms with E-state index in [9.17, 15) is 13.2 Å². The minimum Gasteiger partial charge on any atom is -0.348 e. The van der Waals surface area contributed by atoms with Gasteiger partial charge in [0.05, 0.1) is 11.9 Å². The lowest BCUT2D eigenvalue weighted by atomic mass is 10.6. The Labute approximate surface area is 87.9 Å². The molecule has 0 bridgehead atoms. The molecule has 0 fully saturated rings. The Balaban J connectivity index is 3.33. The van der Waals surface area contributed by atoms with Crippen LogP contribution >= 0.6 is 0 Å². The summed E-state index contributed by atoms with van der Waals surface area (Å²) in [4.78, 5) is 19.0. The van der Waals surface area contributed by atoms with Crippen LogP contribution in [0.1, 0.15) is 6.92 Å². The molecule has 1 aromatic heterocycles. The Morgan fingerprint density at radius 3 is 2.47 bits per heavy atom. The van der Waals surface area contributed by atoms with Crippen LogP contribution < -0.4 is 10.5 Å². The maximum absolute atomic E-state index is 11.4. The van der Waals surface area contributed by atoms with E-state index >= 15 is 0 Å². The summed E-state index contributed by atoms with van der Waals surface area (Å²) in [5.41, 5.74) is -0.629. The van der Waals surface area contributed by atoms with E-state index in [1.54, 1.807) is 19.0 Å². The van der Waals surface area contributed by atoms with Crippen LogP contribution in [-0.4, -0.2) is 38.2 Å². The summed E-state index contributed by atoms with van der Waals surface area (Å²) in [6.45, 7) is 1.48. The van der Waals surface area contributed by atoms with E-state index in [-0.39, 0.29) is 10.6 Å². The van der Waals surface area contributed by atoms with Gasteiger partial charge in [-0.2, -0.15) is 0 Å². The number of hydrogen-bond donors (Lipinski definition) is 1. The van der Waals surface area contributed by atoms with Gasteiger partial charge in [0.15, 0.2) is 14.7 Å². The maximum Gasteiger partial charge on any atom is 0.271 e. The fraction of sp³-hybridized carbons (Fsp3) is 0.500. The number of rotatable bonds is 3. The van der Waals surface area contributed by atoms with Crippen molar-refractivity contribution in [2.75, 3.05) is 24.7 Å². The third kappa shape index (κ3) is 2.35. The van der Waals surface area contributed by atoms with Gasteiger partial charge in [-0.1, -0.05) is 6.92 Å². The number of sulfone groups is 1. The zero-order chi connectivity index (χ0) is 11.6. The molecule has 0 radical (unpaired) electrons. The molecule has 0 aliphatic heterocycles. The van der Waals surface area contributed by atoms with Crippen molar-refractivity contribution in [2.24, 2.45) is 0 Å². The van der Waals surface area contributed by atoms with Gasteiger partial charge in [0.1, 0.15) is 0 Å². The van der Waals surface area contributed by atoms with Crippen molar-refractivity contribution >= 4 is 15.8 Å². The topological polar surface area (TPSA) is 83.1 Å². The van der Waals surface area contributed by atoms with Gasteiger partial charge in [0.25, 0.3) is 5.56 Å². The van der Waals surface area contributed by atoms with Crippen molar-refractivity contribution in [3.05, 3.63) is 16.6 Å². The second-order valence-corrected chi connectivity index (χ2v) is 5.44. The third-order valence-electron chi connectivity index (χ3n) is 1.89. The quantitative estimate of drug-likeness (QED) is 0.767. The van der Waals surface area contributed by atoms with Crippen LogP contribution in [0.25, 0.3) is 0 Å². The highest BCUT2D eigenvalue weighted by Gasteiger charge is 2.17. The fourth-order valence-electron chi connectivity index (χ4n) is 0.978. The van der Waals surface area contributed by atoms with Crippen LogP contribution in [0.4, 0.5) is 5.95 Å². The highest BCUT2D eigenvalue weighted by molar-refractivity contribution is 7.91. The lowest BCUT2D eigenvalue weighted by molar-refractivity contribution is 0.595. The van der Waals surface area contributed by atoms with Crippen LogP contribution in [0.5, 0.6) is 0 Å². The first-order chi connectivity index (χ1) is 6.88. The summed E-state index contributed by atoms with van der Waals surface area (Å²) in [6.07, 6.45) is 1.09. The standard InChI is InChI=1S/C8H13N3O3S/c1-4-15(13,14)6-5-9-8(11(2)3)10-7(6)12/h5H,4H2,1-3H3,(H,9,10,12). The molecule has 0 atom stereocenters. The van der Waals surface area contributed by atoms with Gasteiger partial charge in [-0.25, -0.2) is 13.4 Å². The summed E-state index contributed by atoms with van der Waals surface area (Å²) in [5.74, 6) is 0.217. The minimum atomic E-state index is -3.50. The zero-order valence-corrected chi connectivity index (χ0v) is 9.63. The summed E-state index contributed by atoms with van der Waals surface area (Å²) >= 11 is 0. The van der Waals surface area contributed by atoms with Gasteiger partial charge in [-0.3, -0.25) is 9.78 Å². The Kier molecular flexibility index (Phi) is 3.13. The van der Waals surface area contributed by atoms with E-state index in [4.69, 9.17) is 0 Å². The first kappa shape index (κ1) is 11.7. The number of nitrogens with one attached hydrogen (secondary N) is 1. The molecule has 1 N–H and O–H groups in total. The lowest BCUT2D eigenvalue weighted by Crippen LogP contribution is -2.23. The number of aromatic nitrogens is 2. The van der Waals surface area contributed by atoms with E-state index < -0.39 is 15.4 Å². The van der Waals surface area contributed by atoms with Crippen molar-refractivity contribution in [2.45, 2.75) is 11.8 Å². The fourth-order valence-corrected chi connectivity index (χ4v) is 1.84.